The zero-order chi connectivity index (χ0) is 11.4. The summed E-state index contributed by atoms with van der Waals surface area (Å²) in [6.07, 6.45) is 0. The Bertz CT molecular complexity index is 404. The lowest BCUT2D eigenvalue weighted by molar-refractivity contribution is 0.100. The second-order valence-electron chi connectivity index (χ2n) is 3.04. The number of nitrogen functional groups attached to an aromatic ring is 1. The molecule has 0 aliphatic carbocycles. The Morgan fingerprint density at radius 3 is 2.73 bits per heavy atom. The topological polar surface area (TPSA) is 81.1 Å². The predicted molar refractivity (Wildman–Crippen MR) is 62.9 cm³/mol. The molecular weight excluding hydrogens is 214 g/mol. The van der Waals surface area contributed by atoms with Crippen molar-refractivity contribution in [3.63, 3.8) is 0 Å². The van der Waals surface area contributed by atoms with E-state index in [2.05, 4.69) is 11.9 Å². The molecule has 0 saturated carbocycles. The average molecular weight is 226 g/mol. The molecule has 80 valence electrons. The maximum Gasteiger partial charge on any atom is 0.248 e. The van der Waals surface area contributed by atoms with E-state index < -0.39 is 5.91 Å². The number of benzene rings is 1. The Balaban J connectivity index is 2.90. The molecule has 0 aliphatic rings. The van der Waals surface area contributed by atoms with Crippen molar-refractivity contribution in [3.05, 3.63) is 35.4 Å². The van der Waals surface area contributed by atoms with Crippen molar-refractivity contribution in [2.24, 2.45) is 5.73 Å². The van der Waals surface area contributed by atoms with Crippen LogP contribution in [0.15, 0.2) is 29.8 Å². The van der Waals surface area contributed by atoms with Crippen molar-refractivity contribution in [1.82, 2.24) is 0 Å². The molecule has 5 heteroatoms. The third kappa shape index (κ3) is 3.18. The van der Waals surface area contributed by atoms with Crippen LogP contribution >= 0.6 is 11.6 Å². The number of hydrogen-bond acceptors (Lipinski definition) is 3. The summed E-state index contributed by atoms with van der Waals surface area (Å²) in [5, 5.41) is 3.40. The number of carbonyl (C=O) groups is 1. The Labute approximate surface area is 92.9 Å². The van der Waals surface area contributed by atoms with E-state index >= 15 is 0 Å². The van der Waals surface area contributed by atoms with Gasteiger partial charge >= 0.3 is 0 Å². The minimum absolute atomic E-state index is 0.383. The Kier molecular flexibility index (Phi) is 3.57. The minimum Gasteiger partial charge on any atom is -0.397 e. The van der Waals surface area contributed by atoms with E-state index in [1.54, 1.807) is 18.2 Å². The highest BCUT2D eigenvalue weighted by Gasteiger charge is 2.04. The maximum absolute atomic E-state index is 10.9. The first-order chi connectivity index (χ1) is 7.00. The molecule has 15 heavy (non-hydrogen) atoms. The molecule has 0 bridgehead atoms. The molecule has 0 saturated heterocycles. The van der Waals surface area contributed by atoms with Gasteiger partial charge in [-0.1, -0.05) is 18.2 Å². The van der Waals surface area contributed by atoms with Gasteiger partial charge in [0.25, 0.3) is 0 Å². The van der Waals surface area contributed by atoms with Gasteiger partial charge in [-0.25, -0.2) is 0 Å². The molecule has 0 radical (unpaired) electrons. The molecule has 0 fully saturated rings. The number of anilines is 2. The number of nitrogens with one attached hydrogen (secondary N) is 1. The first kappa shape index (κ1) is 11.4. The lowest BCUT2D eigenvalue weighted by atomic mass is 10.1. The first-order valence-corrected chi connectivity index (χ1v) is 4.65. The van der Waals surface area contributed by atoms with E-state index in [1.807, 2.05) is 0 Å². The Morgan fingerprint density at radius 2 is 2.20 bits per heavy atom. The highest BCUT2D eigenvalue weighted by atomic mass is 35.5. The summed E-state index contributed by atoms with van der Waals surface area (Å²) < 4.78 is 0. The summed E-state index contributed by atoms with van der Waals surface area (Å²) in [4.78, 5) is 10.9. The predicted octanol–water partition coefficient (Wildman–Crippen LogP) is 1.53. The van der Waals surface area contributed by atoms with E-state index in [1.165, 1.54) is 0 Å². The second kappa shape index (κ2) is 4.70. The summed E-state index contributed by atoms with van der Waals surface area (Å²) in [7, 11) is 0. The van der Waals surface area contributed by atoms with Crippen LogP contribution in [0.4, 0.5) is 11.4 Å². The molecule has 1 aromatic carbocycles. The molecule has 0 spiro atoms. The van der Waals surface area contributed by atoms with Gasteiger partial charge in [0.2, 0.25) is 5.91 Å². The summed E-state index contributed by atoms with van der Waals surface area (Å²) in [6, 6.07) is 4.76. The van der Waals surface area contributed by atoms with Crippen molar-refractivity contribution < 1.29 is 4.79 Å². The van der Waals surface area contributed by atoms with Crippen LogP contribution in [0.5, 0.6) is 0 Å². The van der Waals surface area contributed by atoms with Gasteiger partial charge in [0.1, 0.15) is 0 Å². The fourth-order valence-corrected chi connectivity index (χ4v) is 1.12. The van der Waals surface area contributed by atoms with Crippen LogP contribution < -0.4 is 16.8 Å². The van der Waals surface area contributed by atoms with Crippen LogP contribution in [-0.2, 0) is 0 Å². The quantitative estimate of drug-likeness (QED) is 0.680. The molecule has 1 rings (SSSR count). The molecule has 4 nitrogen and oxygen atoms in total. The molecular formula is C10H12ClN3O. The second-order valence-corrected chi connectivity index (χ2v) is 3.57. The third-order valence-electron chi connectivity index (χ3n) is 1.81. The zero-order valence-electron chi connectivity index (χ0n) is 8.09. The van der Waals surface area contributed by atoms with Gasteiger partial charge in [-0.2, -0.15) is 0 Å². The zero-order valence-corrected chi connectivity index (χ0v) is 8.84. The smallest absolute Gasteiger partial charge is 0.248 e. The largest absolute Gasteiger partial charge is 0.397 e. The normalized spacial score (nSPS) is 9.67. The van der Waals surface area contributed by atoms with Crippen LogP contribution in [0.2, 0.25) is 0 Å². The lowest BCUT2D eigenvalue weighted by Crippen LogP contribution is -2.12. The summed E-state index contributed by atoms with van der Waals surface area (Å²) in [5.74, 6) is -0.497. The number of nitrogens with two attached hydrogens (primary N) is 2. The van der Waals surface area contributed by atoms with Gasteiger partial charge in [-0.05, 0) is 18.2 Å². The van der Waals surface area contributed by atoms with Gasteiger partial charge in [0.15, 0.2) is 0 Å². The number of rotatable bonds is 4. The molecule has 0 aliphatic heterocycles. The minimum atomic E-state index is -0.497. The van der Waals surface area contributed by atoms with E-state index in [-0.39, 0.29) is 0 Å². The number of amides is 1. The maximum atomic E-state index is 10.9. The lowest BCUT2D eigenvalue weighted by Gasteiger charge is -2.09. The monoisotopic (exact) mass is 225 g/mol. The molecule has 0 heterocycles. The van der Waals surface area contributed by atoms with Gasteiger partial charge in [-0.15, -0.1) is 0 Å². The van der Waals surface area contributed by atoms with Crippen LogP contribution in [0, 0.1) is 0 Å². The molecule has 0 aromatic heterocycles. The van der Waals surface area contributed by atoms with Crippen LogP contribution in [-0.4, -0.2) is 12.5 Å². The van der Waals surface area contributed by atoms with Gasteiger partial charge in [0, 0.05) is 10.6 Å². The summed E-state index contributed by atoms with van der Waals surface area (Å²) >= 11 is 5.59. The standard InChI is InChI=1S/C10H12ClN3O/c1-6(11)5-14-9-4-7(10(13)15)2-3-8(9)12/h2-4,14H,1,5,12H2,(H2,13,15). The highest BCUT2D eigenvalue weighted by Crippen LogP contribution is 2.20. The first-order valence-electron chi connectivity index (χ1n) is 4.27. The number of halogens is 1. The molecule has 1 aromatic rings. The van der Waals surface area contributed by atoms with Gasteiger partial charge < -0.3 is 16.8 Å². The van der Waals surface area contributed by atoms with Crippen molar-refractivity contribution in [2.75, 3.05) is 17.6 Å². The van der Waals surface area contributed by atoms with Crippen LogP contribution in [0.3, 0.4) is 0 Å². The van der Waals surface area contributed by atoms with E-state index in [9.17, 15) is 4.79 Å². The van der Waals surface area contributed by atoms with Gasteiger partial charge in [-0.3, -0.25) is 4.79 Å². The van der Waals surface area contributed by atoms with Crippen LogP contribution in [0.1, 0.15) is 10.4 Å². The average Bonchev–Trinajstić information content (AvgIpc) is 2.16. The number of carbonyl (C=O) groups excluding carboxylic acids is 1. The molecule has 5 N–H and O–H groups in total. The van der Waals surface area contributed by atoms with E-state index in [0.717, 1.165) is 0 Å². The fourth-order valence-electron chi connectivity index (χ4n) is 1.05. The SMILES string of the molecule is C=C(Cl)CNc1cc(C(N)=O)ccc1N. The highest BCUT2D eigenvalue weighted by molar-refractivity contribution is 6.29. The van der Waals surface area contributed by atoms with E-state index in [4.69, 9.17) is 23.1 Å². The fraction of sp³-hybridized carbons (Fsp3) is 0.100. The van der Waals surface area contributed by atoms with Crippen molar-refractivity contribution in [2.45, 2.75) is 0 Å². The summed E-state index contributed by atoms with van der Waals surface area (Å²) in [5.41, 5.74) is 12.4. The van der Waals surface area contributed by atoms with Crippen molar-refractivity contribution in [3.8, 4) is 0 Å². The number of primary amides is 1. The number of hydrogen-bond donors (Lipinski definition) is 3. The van der Waals surface area contributed by atoms with E-state index in [0.29, 0.717) is 28.5 Å². The molecule has 0 atom stereocenters. The van der Waals surface area contributed by atoms with Crippen molar-refractivity contribution in [1.29, 1.82) is 0 Å². The Morgan fingerprint density at radius 1 is 1.53 bits per heavy atom. The van der Waals surface area contributed by atoms with Crippen molar-refractivity contribution >= 4 is 28.9 Å². The van der Waals surface area contributed by atoms with Gasteiger partial charge in [0.05, 0.1) is 17.9 Å². The molecule has 1 amide bonds. The van der Waals surface area contributed by atoms with Crippen LogP contribution in [0.25, 0.3) is 0 Å². The summed E-state index contributed by atoms with van der Waals surface area (Å²) in [6.45, 7) is 3.91. The third-order valence-corrected chi connectivity index (χ3v) is 1.94. The Hall–Kier alpha value is -1.68. The molecule has 0 unspecified atom stereocenters.